The number of aliphatic hydroxyl groups excluding tert-OH is 1. The average Bonchev–Trinajstić information content (AvgIpc) is 3.43. The van der Waals surface area contributed by atoms with E-state index in [-0.39, 0.29) is 11.8 Å². The third-order valence-corrected chi connectivity index (χ3v) is 17.0. The maximum atomic E-state index is 12.2. The molecule has 4 N–H and O–H groups in total. The number of rotatable bonds is 70. The molecule has 0 aromatic heterocycles. The molecule has 0 atom stereocenters. The third-order valence-electron chi connectivity index (χ3n) is 17.0. The summed E-state index contributed by atoms with van der Waals surface area (Å²) in [6.07, 6.45) is 85.1. The summed E-state index contributed by atoms with van der Waals surface area (Å²) in [6.45, 7) is 6.35. The molecular weight excluding hydrogens is 943 g/mol. The second kappa shape index (κ2) is 71.0. The first kappa shape index (κ1) is 75.9. The lowest BCUT2D eigenvalue weighted by atomic mass is 10.0. The summed E-state index contributed by atoms with van der Waals surface area (Å²) in [6, 6.07) is 0. The van der Waals surface area contributed by atoms with Gasteiger partial charge in [-0.15, -0.1) is 0 Å². The summed E-state index contributed by atoms with van der Waals surface area (Å²) in [7, 11) is 0. The van der Waals surface area contributed by atoms with Crippen LogP contribution in [0, 0.1) is 0 Å². The maximum Gasteiger partial charge on any atom is 0.219 e. The van der Waals surface area contributed by atoms with E-state index in [0.717, 1.165) is 96.8 Å². The van der Waals surface area contributed by atoms with Crippen molar-refractivity contribution < 1.29 is 14.7 Å². The van der Waals surface area contributed by atoms with Crippen molar-refractivity contribution in [3.8, 4) is 0 Å². The monoisotopic (exact) mass is 1090 g/mol. The van der Waals surface area contributed by atoms with Crippen molar-refractivity contribution in [1.29, 1.82) is 0 Å². The number of hydrogen-bond donors (Lipinski definition) is 4. The molecule has 2 amide bonds. The fraction of sp³-hybridized carbons (Fsp3) is 0.972. The summed E-state index contributed by atoms with van der Waals surface area (Å²) in [5.41, 5.74) is 0. The van der Waals surface area contributed by atoms with E-state index in [4.69, 9.17) is 5.11 Å². The SMILES string of the molecule is CCCCCCCCCCCCCCCCCCCCCCCCCCCCCCCCCCCCCCCCCCCCCCCCC(=O)NCCCCCNCCCCCNC(=O)CCCCCCCCCCCO. The quantitative estimate of drug-likeness (QED) is 0.0457. The molecule has 0 heterocycles. The topological polar surface area (TPSA) is 90.5 Å². The predicted octanol–water partition coefficient (Wildman–Crippen LogP) is 22.4. The molecule has 0 radical (unpaired) electrons. The van der Waals surface area contributed by atoms with Gasteiger partial charge in [0, 0.05) is 32.5 Å². The Morgan fingerprint density at radius 1 is 0.221 bits per heavy atom. The maximum absolute atomic E-state index is 12.2. The van der Waals surface area contributed by atoms with Crippen molar-refractivity contribution in [3.63, 3.8) is 0 Å². The Morgan fingerprint density at radius 2 is 0.390 bits per heavy atom. The minimum absolute atomic E-state index is 0.214. The van der Waals surface area contributed by atoms with Gasteiger partial charge in [-0.1, -0.05) is 354 Å². The molecule has 0 aliphatic carbocycles. The van der Waals surface area contributed by atoms with Crippen LogP contribution in [0.25, 0.3) is 0 Å². The van der Waals surface area contributed by atoms with Crippen LogP contribution >= 0.6 is 0 Å². The van der Waals surface area contributed by atoms with Crippen LogP contribution in [0.1, 0.15) is 411 Å². The molecule has 77 heavy (non-hydrogen) atoms. The first-order chi connectivity index (χ1) is 38.2. The average molecular weight is 1090 g/mol. The van der Waals surface area contributed by atoms with E-state index in [2.05, 4.69) is 22.9 Å². The molecule has 0 saturated heterocycles. The lowest BCUT2D eigenvalue weighted by Crippen LogP contribution is -2.24. The molecule has 0 bridgehead atoms. The van der Waals surface area contributed by atoms with Crippen LogP contribution in [-0.2, 0) is 9.59 Å². The van der Waals surface area contributed by atoms with E-state index in [9.17, 15) is 9.59 Å². The van der Waals surface area contributed by atoms with E-state index in [0.29, 0.717) is 19.4 Å². The van der Waals surface area contributed by atoms with Gasteiger partial charge in [0.15, 0.2) is 0 Å². The minimum atomic E-state index is 0.214. The number of amides is 2. The Morgan fingerprint density at radius 3 is 0.597 bits per heavy atom. The highest BCUT2D eigenvalue weighted by Crippen LogP contribution is 2.19. The van der Waals surface area contributed by atoms with Crippen LogP contribution in [0.3, 0.4) is 0 Å². The summed E-state index contributed by atoms with van der Waals surface area (Å²) in [5.74, 6) is 0.454. The first-order valence-electron chi connectivity index (χ1n) is 36.1. The highest BCUT2D eigenvalue weighted by Gasteiger charge is 2.04. The Balaban J connectivity index is 3.16. The Bertz CT molecular complexity index is 1090. The number of carbonyl (C=O) groups is 2. The van der Waals surface area contributed by atoms with E-state index in [1.54, 1.807) is 0 Å². The van der Waals surface area contributed by atoms with E-state index < -0.39 is 0 Å². The van der Waals surface area contributed by atoms with E-state index in [1.807, 2.05) is 0 Å². The van der Waals surface area contributed by atoms with Crippen LogP contribution in [0.5, 0.6) is 0 Å². The highest BCUT2D eigenvalue weighted by atomic mass is 16.3. The van der Waals surface area contributed by atoms with Gasteiger partial charge in [-0.25, -0.2) is 0 Å². The second-order valence-corrected chi connectivity index (χ2v) is 24.9. The van der Waals surface area contributed by atoms with Gasteiger partial charge in [0.25, 0.3) is 0 Å². The van der Waals surface area contributed by atoms with Crippen molar-refractivity contribution in [2.24, 2.45) is 0 Å². The largest absolute Gasteiger partial charge is 0.396 e. The zero-order valence-electron chi connectivity index (χ0n) is 52.8. The number of carbonyl (C=O) groups excluding carboxylic acids is 2. The minimum Gasteiger partial charge on any atom is -0.396 e. The molecule has 0 aromatic carbocycles. The standard InChI is InChI=1S/C71H143N3O3/c1-2-3-4-5-6-7-8-9-10-11-12-13-14-15-16-17-18-19-20-21-22-23-24-25-26-27-28-29-30-31-32-33-34-35-36-37-38-39-40-41-42-43-45-48-51-56-63-70(76)73-67-60-54-58-65-72-66-59-55-61-68-74-71(77)64-57-52-49-46-44-47-50-53-62-69-75/h72,75H,2-69H2,1H3,(H,73,76)(H,74,77). The van der Waals surface area contributed by atoms with Gasteiger partial charge in [-0.3, -0.25) is 9.59 Å². The zero-order valence-corrected chi connectivity index (χ0v) is 52.8. The molecule has 6 heteroatoms. The number of nitrogens with one attached hydrogen (secondary N) is 3. The molecule has 0 rings (SSSR count). The summed E-state index contributed by atoms with van der Waals surface area (Å²) in [4.78, 5) is 24.3. The highest BCUT2D eigenvalue weighted by molar-refractivity contribution is 5.76. The fourth-order valence-electron chi connectivity index (χ4n) is 11.6. The normalized spacial score (nSPS) is 11.6. The Hall–Kier alpha value is -1.14. The van der Waals surface area contributed by atoms with E-state index in [1.165, 1.54) is 321 Å². The molecular formula is C71H143N3O3. The van der Waals surface area contributed by atoms with Gasteiger partial charge in [0.2, 0.25) is 11.8 Å². The van der Waals surface area contributed by atoms with Crippen LogP contribution in [-0.4, -0.2) is 49.7 Å². The second-order valence-electron chi connectivity index (χ2n) is 24.9. The van der Waals surface area contributed by atoms with Crippen molar-refractivity contribution >= 4 is 11.8 Å². The molecule has 0 unspecified atom stereocenters. The van der Waals surface area contributed by atoms with Crippen LogP contribution in [0.15, 0.2) is 0 Å². The van der Waals surface area contributed by atoms with Crippen LogP contribution in [0.2, 0.25) is 0 Å². The zero-order chi connectivity index (χ0) is 55.4. The molecule has 0 spiro atoms. The van der Waals surface area contributed by atoms with Crippen LogP contribution < -0.4 is 16.0 Å². The Labute approximate surface area is 484 Å². The first-order valence-corrected chi connectivity index (χ1v) is 36.1. The van der Waals surface area contributed by atoms with Crippen molar-refractivity contribution in [2.75, 3.05) is 32.8 Å². The van der Waals surface area contributed by atoms with Crippen molar-refractivity contribution in [2.45, 2.75) is 411 Å². The number of unbranched alkanes of at least 4 members (excludes halogenated alkanes) is 57. The summed E-state index contributed by atoms with van der Waals surface area (Å²) >= 11 is 0. The van der Waals surface area contributed by atoms with Gasteiger partial charge >= 0.3 is 0 Å². The van der Waals surface area contributed by atoms with Gasteiger partial charge in [0.1, 0.15) is 0 Å². The Kier molecular flexibility index (Phi) is 69.9. The molecule has 0 aliphatic heterocycles. The van der Waals surface area contributed by atoms with Gasteiger partial charge in [-0.2, -0.15) is 0 Å². The number of hydrogen-bond acceptors (Lipinski definition) is 4. The molecule has 0 fully saturated rings. The number of aliphatic hydroxyl groups is 1. The van der Waals surface area contributed by atoms with Crippen molar-refractivity contribution in [3.05, 3.63) is 0 Å². The van der Waals surface area contributed by atoms with Gasteiger partial charge in [0.05, 0.1) is 0 Å². The molecule has 460 valence electrons. The molecule has 0 saturated carbocycles. The fourth-order valence-corrected chi connectivity index (χ4v) is 11.6. The molecule has 0 aromatic rings. The third kappa shape index (κ3) is 70.9. The predicted molar refractivity (Wildman–Crippen MR) is 343 cm³/mol. The van der Waals surface area contributed by atoms with E-state index >= 15 is 0 Å². The van der Waals surface area contributed by atoms with Crippen LogP contribution in [0.4, 0.5) is 0 Å². The lowest BCUT2D eigenvalue weighted by Gasteiger charge is -2.07. The summed E-state index contributed by atoms with van der Waals surface area (Å²) in [5, 5.41) is 18.6. The lowest BCUT2D eigenvalue weighted by molar-refractivity contribution is -0.122. The molecule has 0 aliphatic rings. The molecule has 6 nitrogen and oxygen atoms in total. The van der Waals surface area contributed by atoms with Crippen molar-refractivity contribution in [1.82, 2.24) is 16.0 Å². The smallest absolute Gasteiger partial charge is 0.219 e. The van der Waals surface area contributed by atoms with Gasteiger partial charge in [-0.05, 0) is 58.0 Å². The summed E-state index contributed by atoms with van der Waals surface area (Å²) < 4.78 is 0. The van der Waals surface area contributed by atoms with Gasteiger partial charge < -0.3 is 21.1 Å².